The van der Waals surface area contributed by atoms with E-state index in [4.69, 9.17) is 16.7 Å². The number of anilines is 1. The first-order valence-corrected chi connectivity index (χ1v) is 6.48. The normalized spacial score (nSPS) is 17.2. The summed E-state index contributed by atoms with van der Waals surface area (Å²) in [5.41, 5.74) is 0.287. The highest BCUT2D eigenvalue weighted by molar-refractivity contribution is 9.10. The summed E-state index contributed by atoms with van der Waals surface area (Å²) in [5, 5.41) is 12.9. The van der Waals surface area contributed by atoms with Gasteiger partial charge < -0.3 is 10.4 Å². The average molecular weight is 306 g/mol. The summed E-state index contributed by atoms with van der Waals surface area (Å²) < 4.78 is 0.875. The summed E-state index contributed by atoms with van der Waals surface area (Å²) in [6.07, 6.45) is 4.86. The maximum Gasteiger partial charge on any atom is 0.140 e. The molecule has 1 saturated carbocycles. The predicted octanol–water partition coefficient (Wildman–Crippen LogP) is 3.07. The van der Waals surface area contributed by atoms with Crippen LogP contribution in [0.3, 0.4) is 0 Å². The predicted molar refractivity (Wildman–Crippen MR) is 68.8 cm³/mol. The summed E-state index contributed by atoms with van der Waals surface area (Å²) in [7, 11) is 0. The number of hydrogen-bond donors (Lipinski definition) is 2. The molecule has 16 heavy (non-hydrogen) atoms. The molecule has 0 aromatic carbocycles. The summed E-state index contributed by atoms with van der Waals surface area (Å²) in [6.45, 7) is 1.12. The van der Waals surface area contributed by atoms with Crippen LogP contribution in [0.25, 0.3) is 0 Å². The van der Waals surface area contributed by atoms with Gasteiger partial charge in [-0.3, -0.25) is 0 Å². The van der Waals surface area contributed by atoms with Crippen LogP contribution in [-0.4, -0.2) is 23.2 Å². The molecule has 0 radical (unpaired) electrons. The van der Waals surface area contributed by atoms with Gasteiger partial charge in [0.2, 0.25) is 0 Å². The van der Waals surface area contributed by atoms with Crippen LogP contribution in [0.1, 0.15) is 19.3 Å². The minimum Gasteiger partial charge on any atom is -0.396 e. The van der Waals surface area contributed by atoms with Crippen LogP contribution in [0.15, 0.2) is 16.7 Å². The van der Waals surface area contributed by atoms with Crippen LogP contribution in [-0.2, 0) is 0 Å². The number of rotatable bonds is 5. The van der Waals surface area contributed by atoms with E-state index in [0.717, 1.165) is 23.3 Å². The lowest BCUT2D eigenvalue weighted by atomic mass is 10.0. The molecule has 0 amide bonds. The lowest BCUT2D eigenvalue weighted by Crippen LogP contribution is -2.17. The molecular formula is C11H14BrClN2O. The molecular weight excluding hydrogens is 291 g/mol. The Hall–Kier alpha value is -0.320. The minimum atomic E-state index is 0.261. The topological polar surface area (TPSA) is 45.1 Å². The van der Waals surface area contributed by atoms with Gasteiger partial charge in [-0.25, -0.2) is 4.98 Å². The summed E-state index contributed by atoms with van der Waals surface area (Å²) in [5.74, 6) is 0.814. The quantitative estimate of drug-likeness (QED) is 0.879. The first-order chi connectivity index (χ1) is 7.65. The van der Waals surface area contributed by atoms with E-state index in [1.165, 1.54) is 12.8 Å². The fourth-order valence-electron chi connectivity index (χ4n) is 1.74. The maximum absolute atomic E-state index is 8.96. The fraction of sp³-hybridized carbons (Fsp3) is 0.545. The number of aromatic nitrogens is 1. The smallest absolute Gasteiger partial charge is 0.140 e. The first kappa shape index (κ1) is 12.1. The van der Waals surface area contributed by atoms with E-state index in [-0.39, 0.29) is 12.0 Å². The zero-order chi connectivity index (χ0) is 11.6. The van der Waals surface area contributed by atoms with E-state index < -0.39 is 0 Å². The van der Waals surface area contributed by atoms with E-state index >= 15 is 0 Å². The van der Waals surface area contributed by atoms with Crippen LogP contribution < -0.4 is 5.32 Å². The van der Waals surface area contributed by atoms with E-state index in [1.807, 2.05) is 6.07 Å². The molecule has 0 saturated heterocycles. The van der Waals surface area contributed by atoms with Gasteiger partial charge in [-0.1, -0.05) is 11.6 Å². The Morgan fingerprint density at radius 2 is 2.31 bits per heavy atom. The molecule has 88 valence electrons. The van der Waals surface area contributed by atoms with Crippen LogP contribution in [0.2, 0.25) is 5.02 Å². The van der Waals surface area contributed by atoms with Gasteiger partial charge in [0.05, 0.1) is 9.50 Å². The number of halogens is 2. The third kappa shape index (κ3) is 2.87. The van der Waals surface area contributed by atoms with Crippen molar-refractivity contribution in [3.05, 3.63) is 21.8 Å². The molecule has 1 fully saturated rings. The largest absolute Gasteiger partial charge is 0.396 e. The second-order valence-electron chi connectivity index (χ2n) is 4.31. The third-order valence-corrected chi connectivity index (χ3v) is 3.85. The molecule has 2 rings (SSSR count). The van der Waals surface area contributed by atoms with Crippen molar-refractivity contribution in [2.75, 3.05) is 18.5 Å². The van der Waals surface area contributed by atoms with E-state index in [0.29, 0.717) is 5.02 Å². The molecule has 0 aliphatic heterocycles. The summed E-state index contributed by atoms with van der Waals surface area (Å²) >= 11 is 9.23. The van der Waals surface area contributed by atoms with Crippen molar-refractivity contribution in [3.8, 4) is 0 Å². The van der Waals surface area contributed by atoms with E-state index in [1.54, 1.807) is 6.20 Å². The van der Waals surface area contributed by atoms with Gasteiger partial charge in [-0.2, -0.15) is 0 Å². The Balaban J connectivity index is 1.94. The molecule has 2 N–H and O–H groups in total. The van der Waals surface area contributed by atoms with Crippen molar-refractivity contribution in [1.29, 1.82) is 0 Å². The minimum absolute atomic E-state index is 0.261. The van der Waals surface area contributed by atoms with Crippen molar-refractivity contribution >= 4 is 33.3 Å². The molecule has 0 unspecified atom stereocenters. The highest BCUT2D eigenvalue weighted by Crippen LogP contribution is 2.48. The van der Waals surface area contributed by atoms with Crippen molar-refractivity contribution in [1.82, 2.24) is 4.98 Å². The molecule has 1 aliphatic rings. The second-order valence-corrected chi connectivity index (χ2v) is 5.60. The number of hydrogen-bond acceptors (Lipinski definition) is 3. The highest BCUT2D eigenvalue weighted by atomic mass is 79.9. The van der Waals surface area contributed by atoms with Crippen LogP contribution >= 0.6 is 27.5 Å². The Kier molecular flexibility index (Phi) is 3.72. The number of nitrogens with zero attached hydrogens (tertiary/aromatic N) is 1. The zero-order valence-corrected chi connectivity index (χ0v) is 11.2. The monoisotopic (exact) mass is 304 g/mol. The Bertz CT molecular complexity index is 382. The lowest BCUT2D eigenvalue weighted by molar-refractivity contribution is 0.253. The van der Waals surface area contributed by atoms with Crippen LogP contribution in [0.4, 0.5) is 5.82 Å². The van der Waals surface area contributed by atoms with Crippen molar-refractivity contribution < 1.29 is 5.11 Å². The van der Waals surface area contributed by atoms with Gasteiger partial charge in [0.15, 0.2) is 0 Å². The molecule has 1 aromatic rings. The van der Waals surface area contributed by atoms with Crippen LogP contribution in [0, 0.1) is 5.41 Å². The van der Waals surface area contributed by atoms with E-state index in [9.17, 15) is 0 Å². The van der Waals surface area contributed by atoms with Gasteiger partial charge >= 0.3 is 0 Å². The van der Waals surface area contributed by atoms with Gasteiger partial charge in [0, 0.05) is 19.3 Å². The van der Waals surface area contributed by atoms with Gasteiger partial charge in [-0.15, -0.1) is 0 Å². The average Bonchev–Trinajstić information content (AvgIpc) is 2.98. The fourth-order valence-corrected chi connectivity index (χ4v) is 2.52. The standard InChI is InChI=1S/C11H14BrClN2O/c12-9-5-8(13)6-14-10(9)15-7-11(1-2-11)3-4-16/h5-6,16H,1-4,7H2,(H,14,15). The third-order valence-electron chi connectivity index (χ3n) is 3.04. The highest BCUT2D eigenvalue weighted by Gasteiger charge is 2.41. The summed E-state index contributed by atoms with van der Waals surface area (Å²) in [6, 6.07) is 1.82. The van der Waals surface area contributed by atoms with Gasteiger partial charge in [0.25, 0.3) is 0 Å². The SMILES string of the molecule is OCCC1(CNc2ncc(Cl)cc2Br)CC1. The second kappa shape index (κ2) is 4.90. The molecule has 5 heteroatoms. The molecule has 0 atom stereocenters. The van der Waals surface area contributed by atoms with Crippen molar-refractivity contribution in [2.24, 2.45) is 5.41 Å². The molecule has 1 aromatic heterocycles. The molecule has 1 heterocycles. The number of nitrogens with one attached hydrogen (secondary N) is 1. The molecule has 0 bridgehead atoms. The van der Waals surface area contributed by atoms with E-state index in [2.05, 4.69) is 26.2 Å². The molecule has 0 spiro atoms. The molecule has 1 aliphatic carbocycles. The van der Waals surface area contributed by atoms with Gasteiger partial charge in [-0.05, 0) is 46.7 Å². The number of pyridine rings is 1. The maximum atomic E-state index is 8.96. The summed E-state index contributed by atoms with van der Waals surface area (Å²) in [4.78, 5) is 4.22. The van der Waals surface area contributed by atoms with Crippen LogP contribution in [0.5, 0.6) is 0 Å². The lowest BCUT2D eigenvalue weighted by Gasteiger charge is -2.15. The molecule has 3 nitrogen and oxygen atoms in total. The Morgan fingerprint density at radius 3 is 2.88 bits per heavy atom. The number of aliphatic hydroxyl groups excluding tert-OH is 1. The van der Waals surface area contributed by atoms with Crippen molar-refractivity contribution in [2.45, 2.75) is 19.3 Å². The Morgan fingerprint density at radius 1 is 1.56 bits per heavy atom. The van der Waals surface area contributed by atoms with Crippen molar-refractivity contribution in [3.63, 3.8) is 0 Å². The van der Waals surface area contributed by atoms with Gasteiger partial charge in [0.1, 0.15) is 5.82 Å². The zero-order valence-electron chi connectivity index (χ0n) is 8.84. The first-order valence-electron chi connectivity index (χ1n) is 5.31. The Labute approximate surface area is 108 Å². The number of aliphatic hydroxyl groups is 1.